The van der Waals surface area contributed by atoms with Crippen molar-refractivity contribution in [2.45, 2.75) is 39.3 Å². The average Bonchev–Trinajstić information content (AvgIpc) is 2.61. The van der Waals surface area contributed by atoms with E-state index in [1.54, 1.807) is 11.7 Å². The van der Waals surface area contributed by atoms with Gasteiger partial charge in [0.05, 0.1) is 11.9 Å². The van der Waals surface area contributed by atoms with Crippen LogP contribution in [0, 0.1) is 0 Å². The number of aromatic nitrogens is 2. The monoisotopic (exact) mass is 239 g/mol. The third kappa shape index (κ3) is 3.30. The minimum Gasteiger partial charge on any atom is -0.478 e. The molecule has 0 saturated carbocycles. The van der Waals surface area contributed by atoms with Gasteiger partial charge in [-0.25, -0.2) is 4.79 Å². The summed E-state index contributed by atoms with van der Waals surface area (Å²) < 4.78 is 1.64. The Morgan fingerprint density at radius 2 is 2.29 bits per heavy atom. The highest BCUT2D eigenvalue weighted by molar-refractivity contribution is 5.88. The smallest absolute Gasteiger partial charge is 0.339 e. The van der Waals surface area contributed by atoms with Crippen LogP contribution >= 0.6 is 0 Å². The SMILES string of the molecule is CCCC(C)N(C)Cc1c(C(=O)O)cnn1C. The van der Waals surface area contributed by atoms with E-state index in [4.69, 9.17) is 5.11 Å². The van der Waals surface area contributed by atoms with Gasteiger partial charge in [0.25, 0.3) is 0 Å². The molecule has 1 rings (SSSR count). The van der Waals surface area contributed by atoms with Crippen molar-refractivity contribution in [2.75, 3.05) is 7.05 Å². The van der Waals surface area contributed by atoms with Crippen molar-refractivity contribution >= 4 is 5.97 Å². The molecule has 0 saturated heterocycles. The summed E-state index contributed by atoms with van der Waals surface area (Å²) in [6.07, 6.45) is 3.65. The second-order valence-electron chi connectivity index (χ2n) is 4.49. The molecule has 1 aromatic heterocycles. The topological polar surface area (TPSA) is 58.4 Å². The van der Waals surface area contributed by atoms with Gasteiger partial charge in [-0.2, -0.15) is 5.10 Å². The highest BCUT2D eigenvalue weighted by Gasteiger charge is 2.18. The summed E-state index contributed by atoms with van der Waals surface area (Å²) >= 11 is 0. The molecule has 1 aromatic rings. The normalized spacial score (nSPS) is 13.0. The molecule has 0 aliphatic heterocycles. The highest BCUT2D eigenvalue weighted by Crippen LogP contribution is 2.13. The third-order valence-corrected chi connectivity index (χ3v) is 3.15. The van der Waals surface area contributed by atoms with Crippen molar-refractivity contribution in [1.29, 1.82) is 0 Å². The Hall–Kier alpha value is -1.36. The van der Waals surface area contributed by atoms with Crippen molar-refractivity contribution in [1.82, 2.24) is 14.7 Å². The zero-order chi connectivity index (χ0) is 13.0. The van der Waals surface area contributed by atoms with E-state index in [0.717, 1.165) is 18.5 Å². The van der Waals surface area contributed by atoms with Crippen molar-refractivity contribution < 1.29 is 9.90 Å². The van der Waals surface area contributed by atoms with Crippen molar-refractivity contribution in [3.8, 4) is 0 Å². The molecule has 5 nitrogen and oxygen atoms in total. The number of aromatic carboxylic acids is 1. The van der Waals surface area contributed by atoms with Crippen LogP contribution in [0.25, 0.3) is 0 Å². The number of nitrogens with zero attached hydrogens (tertiary/aromatic N) is 3. The maximum absolute atomic E-state index is 11.0. The van der Waals surface area contributed by atoms with Crippen LogP contribution in [0.2, 0.25) is 0 Å². The number of carbonyl (C=O) groups is 1. The first-order chi connectivity index (χ1) is 7.97. The Balaban J connectivity index is 2.80. The third-order valence-electron chi connectivity index (χ3n) is 3.15. The Bertz CT molecular complexity index is 387. The summed E-state index contributed by atoms with van der Waals surface area (Å²) in [6, 6.07) is 0.441. The first-order valence-corrected chi connectivity index (χ1v) is 5.91. The molecule has 0 spiro atoms. The van der Waals surface area contributed by atoms with Gasteiger partial charge in [0.15, 0.2) is 0 Å². The van der Waals surface area contributed by atoms with E-state index in [-0.39, 0.29) is 0 Å². The van der Waals surface area contributed by atoms with Crippen molar-refractivity contribution in [3.63, 3.8) is 0 Å². The molecule has 17 heavy (non-hydrogen) atoms. The molecule has 0 aliphatic rings. The number of carboxylic acids is 1. The van der Waals surface area contributed by atoms with Crippen molar-refractivity contribution in [3.05, 3.63) is 17.5 Å². The molecule has 0 bridgehead atoms. The number of aryl methyl sites for hydroxylation is 1. The second-order valence-corrected chi connectivity index (χ2v) is 4.49. The number of hydrogen-bond acceptors (Lipinski definition) is 3. The van der Waals surface area contributed by atoms with Crippen LogP contribution in [0.1, 0.15) is 42.7 Å². The summed E-state index contributed by atoms with van der Waals surface area (Å²) in [5.74, 6) is -0.912. The van der Waals surface area contributed by atoms with Crippen molar-refractivity contribution in [2.24, 2.45) is 7.05 Å². The summed E-state index contributed by atoms with van der Waals surface area (Å²) in [5, 5.41) is 13.1. The van der Waals surface area contributed by atoms with Crippen LogP contribution in [0.3, 0.4) is 0 Å². The molecule has 0 radical (unpaired) electrons. The van der Waals surface area contributed by atoms with Gasteiger partial charge >= 0.3 is 5.97 Å². The summed E-state index contributed by atoms with van der Waals surface area (Å²) in [5.41, 5.74) is 1.05. The first-order valence-electron chi connectivity index (χ1n) is 5.91. The zero-order valence-corrected chi connectivity index (χ0v) is 11.0. The lowest BCUT2D eigenvalue weighted by Gasteiger charge is -2.24. The predicted octanol–water partition coefficient (Wildman–Crippen LogP) is 1.74. The molecule has 1 heterocycles. The molecule has 5 heteroatoms. The van der Waals surface area contributed by atoms with E-state index in [2.05, 4.69) is 23.8 Å². The van der Waals surface area contributed by atoms with Crippen LogP contribution in [-0.2, 0) is 13.6 Å². The second kappa shape index (κ2) is 5.82. The van der Waals surface area contributed by atoms with E-state index in [0.29, 0.717) is 18.2 Å². The lowest BCUT2D eigenvalue weighted by molar-refractivity contribution is 0.0694. The Morgan fingerprint density at radius 3 is 2.82 bits per heavy atom. The van der Waals surface area contributed by atoms with E-state index >= 15 is 0 Å². The van der Waals surface area contributed by atoms with E-state index in [1.165, 1.54) is 6.20 Å². The predicted molar refractivity (Wildman–Crippen MR) is 66.0 cm³/mol. The average molecular weight is 239 g/mol. The molecule has 1 atom stereocenters. The molecule has 1 N–H and O–H groups in total. The van der Waals surface area contributed by atoms with E-state index in [1.807, 2.05) is 7.05 Å². The van der Waals surface area contributed by atoms with Gasteiger partial charge in [0.2, 0.25) is 0 Å². The number of hydrogen-bond donors (Lipinski definition) is 1. The van der Waals surface area contributed by atoms with E-state index in [9.17, 15) is 4.79 Å². The molecule has 96 valence electrons. The molecule has 0 aliphatic carbocycles. The Kier molecular flexibility index (Phi) is 4.69. The zero-order valence-electron chi connectivity index (χ0n) is 11.0. The highest BCUT2D eigenvalue weighted by atomic mass is 16.4. The lowest BCUT2D eigenvalue weighted by Crippen LogP contribution is -2.30. The van der Waals surface area contributed by atoms with E-state index < -0.39 is 5.97 Å². The summed E-state index contributed by atoms with van der Waals surface area (Å²) in [6.45, 7) is 4.91. The van der Waals surface area contributed by atoms with Gasteiger partial charge in [-0.15, -0.1) is 0 Å². The number of rotatable bonds is 6. The standard InChI is InChI=1S/C12H21N3O2/c1-5-6-9(2)14(3)8-11-10(12(16)17)7-13-15(11)4/h7,9H,5-6,8H2,1-4H3,(H,16,17). The molecule has 0 amide bonds. The van der Waals surface area contributed by atoms with Gasteiger partial charge in [0.1, 0.15) is 5.56 Å². The maximum atomic E-state index is 11.0. The van der Waals surface area contributed by atoms with Crippen LogP contribution < -0.4 is 0 Å². The van der Waals surface area contributed by atoms with Gasteiger partial charge in [-0.1, -0.05) is 13.3 Å². The quantitative estimate of drug-likeness (QED) is 0.821. The van der Waals surface area contributed by atoms with Gasteiger partial charge in [0, 0.05) is 19.6 Å². The largest absolute Gasteiger partial charge is 0.478 e. The molecule has 1 unspecified atom stereocenters. The molecule has 0 fully saturated rings. The number of carboxylic acid groups (broad SMARTS) is 1. The first kappa shape index (κ1) is 13.7. The lowest BCUT2D eigenvalue weighted by atomic mass is 10.1. The van der Waals surface area contributed by atoms with Crippen LogP contribution in [-0.4, -0.2) is 38.8 Å². The summed E-state index contributed by atoms with van der Waals surface area (Å²) in [4.78, 5) is 13.2. The molecule has 0 aromatic carbocycles. The minimum absolute atomic E-state index is 0.294. The molecular weight excluding hydrogens is 218 g/mol. The Labute approximate surface area is 102 Å². The minimum atomic E-state index is -0.912. The van der Waals surface area contributed by atoms with Gasteiger partial charge in [-0.05, 0) is 20.4 Å². The van der Waals surface area contributed by atoms with Crippen LogP contribution in [0.5, 0.6) is 0 Å². The van der Waals surface area contributed by atoms with Gasteiger partial charge in [-0.3, -0.25) is 9.58 Å². The summed E-state index contributed by atoms with van der Waals surface area (Å²) in [7, 11) is 3.79. The van der Waals surface area contributed by atoms with Crippen LogP contribution in [0.4, 0.5) is 0 Å². The fraction of sp³-hybridized carbons (Fsp3) is 0.667. The fourth-order valence-electron chi connectivity index (χ4n) is 1.86. The van der Waals surface area contributed by atoms with Gasteiger partial charge < -0.3 is 5.11 Å². The Morgan fingerprint density at radius 1 is 1.65 bits per heavy atom. The van der Waals surface area contributed by atoms with Crippen LogP contribution in [0.15, 0.2) is 6.20 Å². The fourth-order valence-corrected chi connectivity index (χ4v) is 1.86. The molecular formula is C12H21N3O2. The maximum Gasteiger partial charge on any atom is 0.339 e.